The molecule has 0 aliphatic rings. The van der Waals surface area contributed by atoms with Crippen LogP contribution in [0.1, 0.15) is 331 Å². The van der Waals surface area contributed by atoms with Crippen molar-refractivity contribution in [3.8, 4) is 0 Å². The molecule has 0 aliphatic carbocycles. The normalized spacial score (nSPS) is 14.9. The zero-order valence-corrected chi connectivity index (χ0v) is 57.6. The van der Waals surface area contributed by atoms with Gasteiger partial charge in [0.15, 0.2) is 12.2 Å². The fourth-order valence-corrected chi connectivity index (χ4v) is 11.5. The Bertz CT molecular complexity index is 1700. The number of aliphatic hydroxyl groups excluding tert-OH is 1. The van der Waals surface area contributed by atoms with Gasteiger partial charge in [-0.15, -0.1) is 0 Å². The van der Waals surface area contributed by atoms with Gasteiger partial charge in [0, 0.05) is 25.7 Å². The molecule has 0 rings (SSSR count). The first-order valence-corrected chi connectivity index (χ1v) is 37.9. The van der Waals surface area contributed by atoms with E-state index < -0.39 is 97.5 Å². The molecular formula is C67H130O17P2. The van der Waals surface area contributed by atoms with Crippen molar-refractivity contribution >= 4 is 39.5 Å². The zero-order chi connectivity index (χ0) is 63.8. The van der Waals surface area contributed by atoms with E-state index in [1.165, 1.54) is 135 Å². The monoisotopic (exact) mass is 1270 g/mol. The Labute approximate surface area is 524 Å². The number of hydrogen-bond donors (Lipinski definition) is 3. The first-order chi connectivity index (χ1) is 41.3. The topological polar surface area (TPSA) is 237 Å². The standard InChI is InChI=1S/C67H130O17P2/c1-8-11-12-13-14-15-18-22-25-34-41-48-64(69)77-54-62(83-66(71)50-43-36-26-23-20-17-16-19-21-24-31-38-45-58(4)5)56-81-85(73,74)79-52-61(68)53-80-86(75,76)82-57-63(84-67(72)51-44-37-30-28-33-40-47-60(7)10-3)55-78-65(70)49-42-35-29-27-32-39-46-59(6)9-2/h58-63,68H,8-57H2,1-7H3,(H,73,74)(H,75,76)/t59?,60?,61-,62-,63-/m1/s1. The summed E-state index contributed by atoms with van der Waals surface area (Å²) in [7, 11) is -9.89. The molecule has 0 aromatic heterocycles. The largest absolute Gasteiger partial charge is 0.472 e. The predicted octanol–water partition coefficient (Wildman–Crippen LogP) is 18.7. The van der Waals surface area contributed by atoms with Gasteiger partial charge in [-0.05, 0) is 43.4 Å². The molecule has 4 unspecified atom stereocenters. The van der Waals surface area contributed by atoms with Gasteiger partial charge in [0.2, 0.25) is 0 Å². The van der Waals surface area contributed by atoms with Gasteiger partial charge in [-0.25, -0.2) is 9.13 Å². The molecule has 3 N–H and O–H groups in total. The first-order valence-electron chi connectivity index (χ1n) is 34.9. The van der Waals surface area contributed by atoms with Crippen LogP contribution in [0.2, 0.25) is 0 Å². The van der Waals surface area contributed by atoms with Gasteiger partial charge in [0.1, 0.15) is 19.3 Å². The molecule has 0 amide bonds. The number of aliphatic hydroxyl groups is 1. The minimum Gasteiger partial charge on any atom is -0.462 e. The van der Waals surface area contributed by atoms with E-state index in [9.17, 15) is 43.2 Å². The molecule has 0 fully saturated rings. The summed E-state index contributed by atoms with van der Waals surface area (Å²) in [5.74, 6) is 0.0940. The Morgan fingerprint density at radius 3 is 0.884 bits per heavy atom. The van der Waals surface area contributed by atoms with Gasteiger partial charge in [-0.1, -0.05) is 280 Å². The lowest BCUT2D eigenvalue weighted by Gasteiger charge is -2.21. The highest BCUT2D eigenvalue weighted by atomic mass is 31.2. The highest BCUT2D eigenvalue weighted by Crippen LogP contribution is 2.45. The summed E-state index contributed by atoms with van der Waals surface area (Å²) in [6.45, 7) is 11.7. The molecule has 0 saturated heterocycles. The van der Waals surface area contributed by atoms with E-state index in [1.54, 1.807) is 0 Å². The Kier molecular flexibility index (Phi) is 56.9. The zero-order valence-electron chi connectivity index (χ0n) is 55.8. The Hall–Kier alpha value is -1.94. The summed E-state index contributed by atoms with van der Waals surface area (Å²) in [6.07, 6.45) is 40.3. The van der Waals surface area contributed by atoms with Crippen LogP contribution in [0.3, 0.4) is 0 Å². The van der Waals surface area contributed by atoms with E-state index in [4.69, 9.17) is 37.0 Å². The molecule has 0 aliphatic heterocycles. The molecule has 0 aromatic carbocycles. The molecule has 0 bridgehead atoms. The Balaban J connectivity index is 5.25. The first kappa shape index (κ1) is 84.1. The van der Waals surface area contributed by atoms with Crippen molar-refractivity contribution in [3.05, 3.63) is 0 Å². The maximum Gasteiger partial charge on any atom is 0.472 e. The van der Waals surface area contributed by atoms with Crippen molar-refractivity contribution in [1.82, 2.24) is 0 Å². The summed E-state index contributed by atoms with van der Waals surface area (Å²) >= 11 is 0. The Morgan fingerprint density at radius 1 is 0.337 bits per heavy atom. The van der Waals surface area contributed by atoms with Gasteiger partial charge in [-0.3, -0.25) is 37.3 Å². The van der Waals surface area contributed by atoms with Gasteiger partial charge >= 0.3 is 39.5 Å². The minimum atomic E-state index is -4.95. The predicted molar refractivity (Wildman–Crippen MR) is 344 cm³/mol. The highest BCUT2D eigenvalue weighted by Gasteiger charge is 2.30. The fourth-order valence-electron chi connectivity index (χ4n) is 9.95. The Morgan fingerprint density at radius 2 is 0.593 bits per heavy atom. The van der Waals surface area contributed by atoms with Crippen LogP contribution < -0.4 is 0 Å². The number of esters is 4. The molecular weight excluding hydrogens is 1140 g/mol. The second-order valence-corrected chi connectivity index (χ2v) is 28.1. The van der Waals surface area contributed by atoms with E-state index in [-0.39, 0.29) is 25.7 Å². The van der Waals surface area contributed by atoms with Crippen molar-refractivity contribution in [1.29, 1.82) is 0 Å². The van der Waals surface area contributed by atoms with Crippen molar-refractivity contribution in [2.24, 2.45) is 17.8 Å². The van der Waals surface area contributed by atoms with E-state index in [2.05, 4.69) is 48.5 Å². The molecule has 510 valence electrons. The van der Waals surface area contributed by atoms with Crippen LogP contribution in [0, 0.1) is 17.8 Å². The van der Waals surface area contributed by atoms with E-state index in [0.29, 0.717) is 25.7 Å². The molecule has 0 heterocycles. The lowest BCUT2D eigenvalue weighted by atomic mass is 10.00. The minimum absolute atomic E-state index is 0.102. The number of phosphoric acid groups is 2. The van der Waals surface area contributed by atoms with Gasteiger partial charge in [0.05, 0.1) is 26.4 Å². The lowest BCUT2D eigenvalue weighted by Crippen LogP contribution is -2.30. The molecule has 19 heteroatoms. The van der Waals surface area contributed by atoms with E-state index in [0.717, 1.165) is 114 Å². The number of hydrogen-bond acceptors (Lipinski definition) is 15. The van der Waals surface area contributed by atoms with Crippen LogP contribution in [0.5, 0.6) is 0 Å². The summed E-state index contributed by atoms with van der Waals surface area (Å²) in [5.41, 5.74) is 0. The summed E-state index contributed by atoms with van der Waals surface area (Å²) in [4.78, 5) is 72.4. The summed E-state index contributed by atoms with van der Waals surface area (Å²) in [5, 5.41) is 10.6. The molecule has 0 spiro atoms. The molecule has 0 aromatic rings. The van der Waals surface area contributed by atoms with Crippen molar-refractivity contribution < 1.29 is 80.2 Å². The van der Waals surface area contributed by atoms with Crippen LogP contribution in [-0.4, -0.2) is 96.7 Å². The van der Waals surface area contributed by atoms with Crippen molar-refractivity contribution in [3.63, 3.8) is 0 Å². The third-order valence-corrected chi connectivity index (χ3v) is 18.0. The highest BCUT2D eigenvalue weighted by molar-refractivity contribution is 7.47. The number of rotatable bonds is 65. The second kappa shape index (κ2) is 58.2. The molecule has 7 atom stereocenters. The lowest BCUT2D eigenvalue weighted by molar-refractivity contribution is -0.161. The maximum absolute atomic E-state index is 13.0. The molecule has 0 radical (unpaired) electrons. The number of carbonyl (C=O) groups excluding carboxylic acids is 4. The van der Waals surface area contributed by atoms with Gasteiger partial charge < -0.3 is 33.8 Å². The van der Waals surface area contributed by atoms with Gasteiger partial charge in [0.25, 0.3) is 0 Å². The fraction of sp³-hybridized carbons (Fsp3) is 0.940. The quantitative estimate of drug-likeness (QED) is 0.0222. The third-order valence-electron chi connectivity index (χ3n) is 16.1. The maximum atomic E-state index is 13.0. The average Bonchev–Trinajstić information content (AvgIpc) is 3.66. The molecule has 0 saturated carbocycles. The van der Waals surface area contributed by atoms with Crippen molar-refractivity contribution in [2.75, 3.05) is 39.6 Å². The SMILES string of the molecule is CCCCCCCCCCCCCC(=O)OC[C@H](COP(=O)(O)OC[C@@H](O)COP(=O)(O)OC[C@@H](COC(=O)CCCCCCCCC(C)CC)OC(=O)CCCCCCCCC(C)CC)OC(=O)CCCCCCCCCCCCCCC(C)C. The number of ether oxygens (including phenoxy) is 4. The molecule has 86 heavy (non-hydrogen) atoms. The van der Waals surface area contributed by atoms with E-state index >= 15 is 0 Å². The van der Waals surface area contributed by atoms with Crippen LogP contribution in [0.25, 0.3) is 0 Å². The van der Waals surface area contributed by atoms with Crippen LogP contribution in [0.15, 0.2) is 0 Å². The van der Waals surface area contributed by atoms with Crippen LogP contribution >= 0.6 is 15.6 Å². The summed E-state index contributed by atoms with van der Waals surface area (Å²) in [6, 6.07) is 0. The number of phosphoric ester groups is 2. The second-order valence-electron chi connectivity index (χ2n) is 25.2. The van der Waals surface area contributed by atoms with Crippen LogP contribution in [-0.2, 0) is 65.4 Å². The smallest absolute Gasteiger partial charge is 0.462 e. The number of unbranched alkanes of at least 4 members (excludes halogenated alkanes) is 31. The average molecular weight is 1270 g/mol. The number of carbonyl (C=O) groups is 4. The van der Waals surface area contributed by atoms with Crippen LogP contribution in [0.4, 0.5) is 0 Å². The summed E-state index contributed by atoms with van der Waals surface area (Å²) < 4.78 is 68.1. The molecule has 17 nitrogen and oxygen atoms in total. The van der Waals surface area contributed by atoms with Gasteiger partial charge in [-0.2, -0.15) is 0 Å². The van der Waals surface area contributed by atoms with E-state index in [1.807, 2.05) is 0 Å². The third kappa shape index (κ3) is 58.4. The van der Waals surface area contributed by atoms with Crippen molar-refractivity contribution in [2.45, 2.75) is 349 Å².